The van der Waals surface area contributed by atoms with E-state index in [1.807, 2.05) is 38.1 Å². The number of hydrogen-bond acceptors (Lipinski definition) is 5. The molecule has 23 heavy (non-hydrogen) atoms. The molecule has 0 amide bonds. The third kappa shape index (κ3) is 2.77. The molecule has 1 saturated heterocycles. The van der Waals surface area contributed by atoms with E-state index in [1.54, 1.807) is 14.2 Å². The molecule has 0 bridgehead atoms. The minimum atomic E-state index is -0.894. The summed E-state index contributed by atoms with van der Waals surface area (Å²) in [6.07, 6.45) is -0.802. The van der Waals surface area contributed by atoms with Gasteiger partial charge in [-0.3, -0.25) is 4.79 Å². The van der Waals surface area contributed by atoms with E-state index in [0.717, 1.165) is 11.3 Å². The highest BCUT2D eigenvalue weighted by molar-refractivity contribution is 5.89. The second kappa shape index (κ2) is 5.58. The highest BCUT2D eigenvalue weighted by atomic mass is 16.6. The predicted molar refractivity (Wildman–Crippen MR) is 84.4 cm³/mol. The number of methoxy groups -OCH3 is 2. The first-order valence-electron chi connectivity index (χ1n) is 7.88. The summed E-state index contributed by atoms with van der Waals surface area (Å²) in [7, 11) is 3.16. The number of benzene rings is 1. The lowest BCUT2D eigenvalue weighted by atomic mass is 9.69. The van der Waals surface area contributed by atoms with Gasteiger partial charge in [0, 0.05) is 13.5 Å². The van der Waals surface area contributed by atoms with Crippen molar-refractivity contribution in [2.24, 2.45) is 5.41 Å². The number of ether oxygens (including phenoxy) is 3. The van der Waals surface area contributed by atoms with Crippen molar-refractivity contribution in [1.82, 2.24) is 0 Å². The van der Waals surface area contributed by atoms with E-state index >= 15 is 0 Å². The van der Waals surface area contributed by atoms with Crippen LogP contribution < -0.4 is 4.74 Å². The fourth-order valence-corrected chi connectivity index (χ4v) is 3.86. The number of fused-ring (bicyclic) bond motifs is 1. The van der Waals surface area contributed by atoms with Crippen molar-refractivity contribution in [3.05, 3.63) is 29.8 Å². The minimum absolute atomic E-state index is 0.0740. The SMILES string of the molecule is COc1ccc(C(OC)C(O)C23CC(C)(C)CC(=O)C2O3)cc1. The third-order valence-electron chi connectivity index (χ3n) is 4.91. The van der Waals surface area contributed by atoms with Crippen LogP contribution in [0, 0.1) is 5.41 Å². The first-order valence-corrected chi connectivity index (χ1v) is 7.88. The number of carbonyl (C=O) groups is 1. The van der Waals surface area contributed by atoms with E-state index in [-0.39, 0.29) is 11.2 Å². The van der Waals surface area contributed by atoms with Gasteiger partial charge in [-0.05, 0) is 29.5 Å². The van der Waals surface area contributed by atoms with Gasteiger partial charge < -0.3 is 19.3 Å². The Balaban J connectivity index is 1.85. The Labute approximate surface area is 136 Å². The molecule has 5 heteroatoms. The molecule has 2 fully saturated rings. The van der Waals surface area contributed by atoms with Crippen molar-refractivity contribution >= 4 is 5.78 Å². The molecule has 0 radical (unpaired) electrons. The highest BCUT2D eigenvalue weighted by Gasteiger charge is 2.70. The van der Waals surface area contributed by atoms with Gasteiger partial charge in [0.05, 0.1) is 7.11 Å². The predicted octanol–water partition coefficient (Wildman–Crippen LogP) is 2.27. The van der Waals surface area contributed by atoms with Gasteiger partial charge in [0.15, 0.2) is 5.78 Å². The molecular formula is C18H24O5. The summed E-state index contributed by atoms with van der Waals surface area (Å²) >= 11 is 0. The van der Waals surface area contributed by atoms with Crippen LogP contribution in [0.2, 0.25) is 0 Å². The van der Waals surface area contributed by atoms with Gasteiger partial charge in [0.25, 0.3) is 0 Å². The zero-order chi connectivity index (χ0) is 16.8. The Morgan fingerprint density at radius 2 is 1.91 bits per heavy atom. The number of epoxide rings is 1. The molecule has 1 aliphatic heterocycles. The first-order chi connectivity index (χ1) is 10.8. The maximum absolute atomic E-state index is 12.2. The first kappa shape index (κ1) is 16.4. The third-order valence-corrected chi connectivity index (χ3v) is 4.91. The van der Waals surface area contributed by atoms with Crippen LogP contribution in [0.25, 0.3) is 0 Å². The molecule has 1 saturated carbocycles. The molecular weight excluding hydrogens is 296 g/mol. The van der Waals surface area contributed by atoms with E-state index in [0.29, 0.717) is 12.8 Å². The summed E-state index contributed by atoms with van der Waals surface area (Å²) in [6.45, 7) is 4.07. The Kier molecular flexibility index (Phi) is 3.99. The number of rotatable bonds is 5. The summed E-state index contributed by atoms with van der Waals surface area (Å²) in [5.74, 6) is 0.815. The van der Waals surface area contributed by atoms with Crippen molar-refractivity contribution in [1.29, 1.82) is 0 Å². The zero-order valence-electron chi connectivity index (χ0n) is 14.0. The molecule has 1 N–H and O–H groups in total. The summed E-state index contributed by atoms with van der Waals surface area (Å²) < 4.78 is 16.4. The molecule has 0 spiro atoms. The van der Waals surface area contributed by atoms with Crippen LogP contribution in [0.1, 0.15) is 38.4 Å². The summed E-state index contributed by atoms with van der Waals surface area (Å²) in [5, 5.41) is 10.9. The van der Waals surface area contributed by atoms with Crippen LogP contribution in [0.15, 0.2) is 24.3 Å². The van der Waals surface area contributed by atoms with Crippen LogP contribution in [0.4, 0.5) is 0 Å². The highest BCUT2D eigenvalue weighted by Crippen LogP contribution is 2.56. The van der Waals surface area contributed by atoms with Gasteiger partial charge in [-0.1, -0.05) is 26.0 Å². The van der Waals surface area contributed by atoms with Crippen LogP contribution in [-0.2, 0) is 14.3 Å². The lowest BCUT2D eigenvalue weighted by Gasteiger charge is -2.36. The van der Waals surface area contributed by atoms with Crippen molar-refractivity contribution in [2.45, 2.75) is 50.6 Å². The van der Waals surface area contributed by atoms with Crippen LogP contribution >= 0.6 is 0 Å². The largest absolute Gasteiger partial charge is 0.497 e. The number of ketones is 1. The molecule has 1 heterocycles. The molecule has 4 atom stereocenters. The Morgan fingerprint density at radius 3 is 2.48 bits per heavy atom. The van der Waals surface area contributed by atoms with Gasteiger partial charge in [-0.15, -0.1) is 0 Å². The molecule has 3 rings (SSSR count). The van der Waals surface area contributed by atoms with Crippen LogP contribution in [-0.4, -0.2) is 42.9 Å². The fourth-order valence-electron chi connectivity index (χ4n) is 3.86. The van der Waals surface area contributed by atoms with E-state index in [4.69, 9.17) is 14.2 Å². The fraction of sp³-hybridized carbons (Fsp3) is 0.611. The van der Waals surface area contributed by atoms with Gasteiger partial charge >= 0.3 is 0 Å². The number of hydrogen-bond donors (Lipinski definition) is 1. The van der Waals surface area contributed by atoms with Gasteiger partial charge in [-0.2, -0.15) is 0 Å². The van der Waals surface area contributed by atoms with E-state index < -0.39 is 23.9 Å². The number of Topliss-reactive ketones (excluding diaryl/α,β-unsaturated/α-hetero) is 1. The van der Waals surface area contributed by atoms with Crippen molar-refractivity contribution in [3.8, 4) is 5.75 Å². The van der Waals surface area contributed by atoms with Gasteiger partial charge in [-0.25, -0.2) is 0 Å². The standard InChI is InChI=1S/C18H24O5/c1-17(2)9-13(19)16-18(10-17,23-16)15(20)14(22-4)11-5-7-12(21-3)8-6-11/h5-8,14-16,20H,9-10H2,1-4H3. The van der Waals surface area contributed by atoms with E-state index in [9.17, 15) is 9.90 Å². The lowest BCUT2D eigenvalue weighted by Crippen LogP contribution is -2.46. The van der Waals surface area contributed by atoms with E-state index in [2.05, 4.69) is 0 Å². The molecule has 2 aliphatic rings. The normalized spacial score (nSPS) is 31.2. The Hall–Kier alpha value is -1.43. The van der Waals surface area contributed by atoms with Crippen LogP contribution in [0.5, 0.6) is 5.75 Å². The quantitative estimate of drug-likeness (QED) is 0.843. The minimum Gasteiger partial charge on any atom is -0.497 e. The second-order valence-electron chi connectivity index (χ2n) is 7.31. The molecule has 1 aromatic carbocycles. The number of aliphatic hydroxyl groups is 1. The monoisotopic (exact) mass is 320 g/mol. The van der Waals surface area contributed by atoms with E-state index in [1.165, 1.54) is 0 Å². The maximum Gasteiger partial charge on any atom is 0.165 e. The molecule has 0 aromatic heterocycles. The molecule has 4 unspecified atom stereocenters. The maximum atomic E-state index is 12.2. The molecule has 5 nitrogen and oxygen atoms in total. The van der Waals surface area contributed by atoms with Crippen molar-refractivity contribution < 1.29 is 24.1 Å². The second-order valence-corrected chi connectivity index (χ2v) is 7.31. The lowest BCUT2D eigenvalue weighted by molar-refractivity contribution is -0.124. The van der Waals surface area contributed by atoms with Gasteiger partial charge in [0.2, 0.25) is 0 Å². The molecule has 126 valence electrons. The Morgan fingerprint density at radius 1 is 1.26 bits per heavy atom. The number of carbonyl (C=O) groups excluding carboxylic acids is 1. The smallest absolute Gasteiger partial charge is 0.165 e. The summed E-state index contributed by atoms with van der Waals surface area (Å²) in [6, 6.07) is 7.37. The summed E-state index contributed by atoms with van der Waals surface area (Å²) in [4.78, 5) is 12.2. The van der Waals surface area contributed by atoms with Crippen LogP contribution in [0.3, 0.4) is 0 Å². The summed E-state index contributed by atoms with van der Waals surface area (Å²) in [5.41, 5.74) is -0.164. The average Bonchev–Trinajstić information content (AvgIpc) is 3.23. The molecule has 1 aromatic rings. The van der Waals surface area contributed by atoms with Crippen molar-refractivity contribution in [3.63, 3.8) is 0 Å². The topological polar surface area (TPSA) is 68.3 Å². The molecule has 1 aliphatic carbocycles. The van der Waals surface area contributed by atoms with Crippen molar-refractivity contribution in [2.75, 3.05) is 14.2 Å². The Bertz CT molecular complexity index is 594. The number of aliphatic hydroxyl groups excluding tert-OH is 1. The zero-order valence-corrected chi connectivity index (χ0v) is 14.0. The van der Waals surface area contributed by atoms with Gasteiger partial charge in [0.1, 0.15) is 29.7 Å². The average molecular weight is 320 g/mol.